The largest absolute Gasteiger partial charge is 0.324 e. The van der Waals surface area contributed by atoms with Gasteiger partial charge >= 0.3 is 0 Å². The van der Waals surface area contributed by atoms with Gasteiger partial charge in [-0.1, -0.05) is 52.7 Å². The summed E-state index contributed by atoms with van der Waals surface area (Å²) in [5.41, 5.74) is 0.720. The molecular weight excluding hydrogens is 405 g/mol. The molecule has 2 aliphatic rings. The lowest BCUT2D eigenvalue weighted by molar-refractivity contribution is -0.123. The van der Waals surface area contributed by atoms with Crippen molar-refractivity contribution in [2.24, 2.45) is 10.3 Å². The fourth-order valence-electron chi connectivity index (χ4n) is 3.15. The molecule has 1 saturated heterocycles. The molecule has 0 radical (unpaired) electrons. The van der Waals surface area contributed by atoms with Gasteiger partial charge in [0.25, 0.3) is 11.8 Å². The highest BCUT2D eigenvalue weighted by Gasteiger charge is 2.55. The first-order valence-corrected chi connectivity index (χ1v) is 9.07. The zero-order valence-electron chi connectivity index (χ0n) is 14.3. The van der Waals surface area contributed by atoms with Crippen molar-refractivity contribution in [1.29, 1.82) is 0 Å². The van der Waals surface area contributed by atoms with E-state index >= 15 is 0 Å². The molecule has 2 atom stereocenters. The van der Waals surface area contributed by atoms with Gasteiger partial charge in [-0.05, 0) is 24.3 Å². The predicted molar refractivity (Wildman–Crippen MR) is 103 cm³/mol. The Hall–Kier alpha value is -2.97. The van der Waals surface area contributed by atoms with Gasteiger partial charge in [-0.2, -0.15) is 5.11 Å². The smallest absolute Gasteiger partial charge is 0.263 e. The number of carbonyl (C=O) groups excluding carboxylic acids is 3. The van der Waals surface area contributed by atoms with Gasteiger partial charge in [-0.25, -0.2) is 4.90 Å². The summed E-state index contributed by atoms with van der Waals surface area (Å²) in [6.45, 7) is -0.233. The molecule has 0 spiro atoms. The van der Waals surface area contributed by atoms with Gasteiger partial charge in [-0.15, -0.1) is 0 Å². The molecule has 0 unspecified atom stereocenters. The Bertz CT molecular complexity index is 978. The Morgan fingerprint density at radius 2 is 1.68 bits per heavy atom. The van der Waals surface area contributed by atoms with Gasteiger partial charge < -0.3 is 5.32 Å². The number of halogens is 2. The highest BCUT2D eigenvalue weighted by Crippen LogP contribution is 2.39. The van der Waals surface area contributed by atoms with E-state index in [4.69, 9.17) is 23.2 Å². The van der Waals surface area contributed by atoms with E-state index in [9.17, 15) is 14.4 Å². The number of nitrogens with zero attached hydrogens (tertiary/aromatic N) is 4. The number of imide groups is 1. The second-order valence-corrected chi connectivity index (χ2v) is 7.00. The van der Waals surface area contributed by atoms with E-state index < -0.39 is 23.9 Å². The third-order valence-corrected chi connectivity index (χ3v) is 4.99. The van der Waals surface area contributed by atoms with Crippen molar-refractivity contribution in [1.82, 2.24) is 5.01 Å². The van der Waals surface area contributed by atoms with E-state index in [1.54, 1.807) is 30.3 Å². The number of fused-ring (bicyclic) bond motifs is 1. The summed E-state index contributed by atoms with van der Waals surface area (Å²) >= 11 is 12.3. The minimum atomic E-state index is -1.04. The van der Waals surface area contributed by atoms with E-state index in [0.717, 1.165) is 4.90 Å². The number of para-hydroxylation sites is 2. The van der Waals surface area contributed by atoms with Crippen LogP contribution < -0.4 is 10.2 Å². The maximum atomic E-state index is 12.9. The molecule has 2 heterocycles. The van der Waals surface area contributed by atoms with Crippen molar-refractivity contribution in [2.45, 2.75) is 12.1 Å². The highest BCUT2D eigenvalue weighted by atomic mass is 35.5. The minimum absolute atomic E-state index is 0.110. The molecule has 4 rings (SSSR count). The Labute approximate surface area is 169 Å². The zero-order chi connectivity index (χ0) is 19.8. The van der Waals surface area contributed by atoms with Gasteiger partial charge in [0, 0.05) is 5.69 Å². The molecule has 0 saturated carbocycles. The summed E-state index contributed by atoms with van der Waals surface area (Å²) in [5, 5.41) is 12.0. The maximum absolute atomic E-state index is 12.9. The molecule has 2 aromatic rings. The fourth-order valence-corrected chi connectivity index (χ4v) is 3.71. The number of carbonyl (C=O) groups is 3. The number of rotatable bonds is 4. The summed E-state index contributed by atoms with van der Waals surface area (Å²) in [6, 6.07) is 11.5. The van der Waals surface area contributed by atoms with Crippen LogP contribution in [0.5, 0.6) is 0 Å². The molecular formula is C18H13Cl2N5O3. The first kappa shape index (κ1) is 18.4. The van der Waals surface area contributed by atoms with Crippen LogP contribution in [0.4, 0.5) is 11.4 Å². The van der Waals surface area contributed by atoms with Gasteiger partial charge in [-0.3, -0.25) is 19.4 Å². The monoisotopic (exact) mass is 417 g/mol. The molecule has 2 aromatic carbocycles. The first-order valence-electron chi connectivity index (χ1n) is 8.31. The van der Waals surface area contributed by atoms with E-state index in [1.165, 1.54) is 17.1 Å². The van der Waals surface area contributed by atoms with Crippen LogP contribution >= 0.6 is 23.2 Å². The number of hydrogen-bond acceptors (Lipinski definition) is 6. The lowest BCUT2D eigenvalue weighted by Gasteiger charge is -2.21. The second kappa shape index (κ2) is 7.21. The number of benzene rings is 2. The molecule has 10 heteroatoms. The van der Waals surface area contributed by atoms with Crippen LogP contribution in [0, 0.1) is 0 Å². The third-order valence-electron chi connectivity index (χ3n) is 4.38. The zero-order valence-corrected chi connectivity index (χ0v) is 15.8. The van der Waals surface area contributed by atoms with Crippen molar-refractivity contribution in [2.75, 3.05) is 16.8 Å². The molecule has 2 aliphatic heterocycles. The predicted octanol–water partition coefficient (Wildman–Crippen LogP) is 2.93. The Morgan fingerprint density at radius 3 is 2.36 bits per heavy atom. The normalized spacial score (nSPS) is 20.6. The number of anilines is 2. The molecule has 8 nitrogen and oxygen atoms in total. The van der Waals surface area contributed by atoms with Crippen LogP contribution in [0.3, 0.4) is 0 Å². The van der Waals surface area contributed by atoms with Crippen molar-refractivity contribution < 1.29 is 14.4 Å². The number of amides is 3. The summed E-state index contributed by atoms with van der Waals surface area (Å²) in [6.07, 6.45) is 0. The van der Waals surface area contributed by atoms with Crippen LogP contribution in [-0.2, 0) is 14.4 Å². The third kappa shape index (κ3) is 3.10. The van der Waals surface area contributed by atoms with Gasteiger partial charge in [0.1, 0.15) is 6.54 Å². The van der Waals surface area contributed by atoms with Crippen molar-refractivity contribution in [3.05, 3.63) is 58.6 Å². The van der Waals surface area contributed by atoms with Gasteiger partial charge in [0.2, 0.25) is 5.91 Å². The molecule has 28 heavy (non-hydrogen) atoms. The summed E-state index contributed by atoms with van der Waals surface area (Å²) in [5.74, 6) is -1.55. The average molecular weight is 418 g/mol. The van der Waals surface area contributed by atoms with E-state index in [2.05, 4.69) is 15.7 Å². The standard InChI is InChI=1S/C18H13Cl2N5O3/c19-11-7-4-8-12(20)15(11)25-17(27)14-16(18(25)28)24(23-22-14)9-13(26)21-10-5-2-1-3-6-10/h1-8,14,16H,9H2,(H,21,26)/t14-,16-/m1/s1. The van der Waals surface area contributed by atoms with E-state index in [1.807, 2.05) is 6.07 Å². The lowest BCUT2D eigenvalue weighted by Crippen LogP contribution is -2.43. The van der Waals surface area contributed by atoms with Crippen LogP contribution in [0.2, 0.25) is 10.0 Å². The Kier molecular flexibility index (Phi) is 4.74. The van der Waals surface area contributed by atoms with Crippen LogP contribution in [-0.4, -0.2) is 41.4 Å². The molecule has 3 amide bonds. The van der Waals surface area contributed by atoms with Crippen molar-refractivity contribution in [3.63, 3.8) is 0 Å². The average Bonchev–Trinajstić information content (AvgIpc) is 3.17. The summed E-state index contributed by atoms with van der Waals surface area (Å²) < 4.78 is 0. The van der Waals surface area contributed by atoms with Crippen molar-refractivity contribution in [3.8, 4) is 0 Å². The molecule has 0 bridgehead atoms. The molecule has 0 aliphatic carbocycles. The number of nitrogens with one attached hydrogen (secondary N) is 1. The number of hydrogen-bond donors (Lipinski definition) is 1. The van der Waals surface area contributed by atoms with Crippen LogP contribution in [0.1, 0.15) is 0 Å². The highest BCUT2D eigenvalue weighted by molar-refractivity contribution is 6.42. The second-order valence-electron chi connectivity index (χ2n) is 6.19. The lowest BCUT2D eigenvalue weighted by atomic mass is 10.1. The van der Waals surface area contributed by atoms with Crippen molar-refractivity contribution >= 4 is 52.3 Å². The fraction of sp³-hybridized carbons (Fsp3) is 0.167. The quantitative estimate of drug-likeness (QED) is 0.773. The Balaban J connectivity index is 1.54. The molecule has 1 N–H and O–H groups in total. The topological polar surface area (TPSA) is 94.4 Å². The van der Waals surface area contributed by atoms with Gasteiger partial charge in [0.05, 0.1) is 15.7 Å². The SMILES string of the molecule is O=C(CN1N=N[C@H]2C(=O)N(c3c(Cl)cccc3Cl)C(=O)[C@@H]21)Nc1ccccc1. The van der Waals surface area contributed by atoms with Gasteiger partial charge in [0.15, 0.2) is 12.1 Å². The Morgan fingerprint density at radius 1 is 1.00 bits per heavy atom. The van der Waals surface area contributed by atoms with E-state index in [-0.39, 0.29) is 28.2 Å². The van der Waals surface area contributed by atoms with E-state index in [0.29, 0.717) is 5.69 Å². The molecule has 0 aromatic heterocycles. The maximum Gasteiger partial charge on any atom is 0.263 e. The summed E-state index contributed by atoms with van der Waals surface area (Å²) in [7, 11) is 0. The molecule has 142 valence electrons. The molecule has 1 fully saturated rings. The first-order chi connectivity index (χ1) is 13.5. The van der Waals surface area contributed by atoms with Crippen LogP contribution in [0.25, 0.3) is 0 Å². The minimum Gasteiger partial charge on any atom is -0.324 e. The summed E-state index contributed by atoms with van der Waals surface area (Å²) in [4.78, 5) is 38.9. The van der Waals surface area contributed by atoms with Crippen LogP contribution in [0.15, 0.2) is 58.9 Å².